The van der Waals surface area contributed by atoms with Gasteiger partial charge in [-0.1, -0.05) is 12.1 Å². The average molecular weight is 254 g/mol. The van der Waals surface area contributed by atoms with Gasteiger partial charge in [-0.25, -0.2) is 4.39 Å². The fraction of sp³-hybridized carbons (Fsp3) is 0.462. The van der Waals surface area contributed by atoms with Crippen molar-refractivity contribution in [3.63, 3.8) is 0 Å². The number of carbonyl (C=O) groups excluding carboxylic acids is 1. The molecule has 0 saturated heterocycles. The molecule has 1 aromatic rings. The minimum atomic E-state index is -0.495. The van der Waals surface area contributed by atoms with E-state index in [0.29, 0.717) is 18.7 Å². The number of likely N-dealkylation sites (N-methyl/N-ethyl adjacent to an activating group) is 1. The first-order chi connectivity index (χ1) is 8.63. The number of hydrogen-bond acceptors (Lipinski definition) is 3. The lowest BCUT2D eigenvalue weighted by molar-refractivity contribution is -0.133. The highest BCUT2D eigenvalue weighted by Crippen LogP contribution is 2.22. The first-order valence-corrected chi connectivity index (χ1v) is 6.02. The number of hydrogen-bond donors (Lipinski definition) is 1. The lowest BCUT2D eigenvalue weighted by atomic mass is 10.2. The molecule has 2 N–H and O–H groups in total. The zero-order chi connectivity index (χ0) is 13.5. The second-order valence-corrected chi connectivity index (χ2v) is 3.79. The third-order valence-electron chi connectivity index (χ3n) is 2.72. The highest BCUT2D eigenvalue weighted by molar-refractivity contribution is 5.77. The molecule has 5 heteroatoms. The van der Waals surface area contributed by atoms with E-state index in [4.69, 9.17) is 10.5 Å². The zero-order valence-electron chi connectivity index (χ0n) is 10.8. The second kappa shape index (κ2) is 6.96. The van der Waals surface area contributed by atoms with Crippen LogP contribution < -0.4 is 10.5 Å². The smallest absolute Gasteiger partial charge is 0.260 e. The molecule has 0 fully saturated rings. The van der Waals surface area contributed by atoms with E-state index in [2.05, 4.69) is 0 Å². The van der Waals surface area contributed by atoms with Gasteiger partial charge in [0.1, 0.15) is 0 Å². The molecule has 100 valence electrons. The molecule has 1 rings (SSSR count). The van der Waals surface area contributed by atoms with Crippen LogP contribution in [0.15, 0.2) is 18.2 Å². The van der Waals surface area contributed by atoms with Gasteiger partial charge in [-0.3, -0.25) is 4.79 Å². The van der Waals surface area contributed by atoms with E-state index in [1.165, 1.54) is 6.07 Å². The highest BCUT2D eigenvalue weighted by Gasteiger charge is 2.14. The first kappa shape index (κ1) is 14.4. The number of carbonyl (C=O) groups is 1. The number of amides is 1. The topological polar surface area (TPSA) is 55.6 Å². The van der Waals surface area contributed by atoms with Gasteiger partial charge in [-0.05, 0) is 19.9 Å². The summed E-state index contributed by atoms with van der Waals surface area (Å²) in [6, 6.07) is 4.53. The predicted molar refractivity (Wildman–Crippen MR) is 67.7 cm³/mol. The summed E-state index contributed by atoms with van der Waals surface area (Å²) in [5.41, 5.74) is 6.05. The molecule has 0 heterocycles. The van der Waals surface area contributed by atoms with Gasteiger partial charge in [0.05, 0.1) is 0 Å². The molecule has 0 saturated carbocycles. The Kier molecular flexibility index (Phi) is 5.58. The Morgan fingerprint density at radius 3 is 2.61 bits per heavy atom. The van der Waals surface area contributed by atoms with Crippen LogP contribution >= 0.6 is 0 Å². The lowest BCUT2D eigenvalue weighted by Crippen LogP contribution is -2.34. The summed E-state index contributed by atoms with van der Waals surface area (Å²) in [6.45, 7) is 4.99. The number of para-hydroxylation sites is 1. The van der Waals surface area contributed by atoms with Gasteiger partial charge in [0.25, 0.3) is 5.91 Å². The third-order valence-corrected chi connectivity index (χ3v) is 2.72. The van der Waals surface area contributed by atoms with Crippen molar-refractivity contribution in [2.45, 2.75) is 20.4 Å². The molecule has 4 nitrogen and oxygen atoms in total. The number of ether oxygens (including phenoxy) is 1. The van der Waals surface area contributed by atoms with E-state index in [1.807, 2.05) is 13.8 Å². The van der Waals surface area contributed by atoms with Gasteiger partial charge in [-0.2, -0.15) is 0 Å². The minimum Gasteiger partial charge on any atom is -0.480 e. The summed E-state index contributed by atoms with van der Waals surface area (Å²) < 4.78 is 18.8. The van der Waals surface area contributed by atoms with E-state index in [0.717, 1.165) is 0 Å². The van der Waals surface area contributed by atoms with E-state index >= 15 is 0 Å². The molecular weight excluding hydrogens is 235 g/mol. The minimum absolute atomic E-state index is 0.0699. The molecule has 0 spiro atoms. The predicted octanol–water partition coefficient (Wildman–Crippen LogP) is 1.53. The molecule has 0 radical (unpaired) electrons. The van der Waals surface area contributed by atoms with Crippen molar-refractivity contribution < 1.29 is 13.9 Å². The molecule has 0 bridgehead atoms. The van der Waals surface area contributed by atoms with Crippen molar-refractivity contribution >= 4 is 5.91 Å². The van der Waals surface area contributed by atoms with Gasteiger partial charge in [-0.15, -0.1) is 0 Å². The molecule has 0 aromatic heterocycles. The van der Waals surface area contributed by atoms with Crippen LogP contribution in [0.25, 0.3) is 0 Å². The fourth-order valence-electron chi connectivity index (χ4n) is 1.68. The van der Waals surface area contributed by atoms with Crippen LogP contribution in [0.3, 0.4) is 0 Å². The van der Waals surface area contributed by atoms with Crippen LogP contribution in [-0.4, -0.2) is 30.5 Å². The van der Waals surface area contributed by atoms with Crippen LogP contribution in [-0.2, 0) is 11.3 Å². The van der Waals surface area contributed by atoms with E-state index in [-0.39, 0.29) is 24.8 Å². The van der Waals surface area contributed by atoms with Crippen LogP contribution in [0.4, 0.5) is 4.39 Å². The second-order valence-electron chi connectivity index (χ2n) is 3.79. The molecule has 1 aromatic carbocycles. The number of halogens is 1. The standard InChI is InChI=1S/C13H19FN2O2/c1-3-16(4-2)12(17)9-18-13-10(8-15)6-5-7-11(13)14/h5-7H,3-4,8-9,15H2,1-2H3. The maximum absolute atomic E-state index is 13.5. The third kappa shape index (κ3) is 3.43. The molecule has 0 aliphatic carbocycles. The summed E-state index contributed by atoms with van der Waals surface area (Å²) in [6.07, 6.45) is 0. The number of rotatable bonds is 6. The molecule has 18 heavy (non-hydrogen) atoms. The van der Waals surface area contributed by atoms with Crippen LogP contribution in [0.5, 0.6) is 5.75 Å². The molecule has 0 atom stereocenters. The molecule has 0 aliphatic rings. The Morgan fingerprint density at radius 2 is 2.06 bits per heavy atom. The normalized spacial score (nSPS) is 10.2. The lowest BCUT2D eigenvalue weighted by Gasteiger charge is -2.19. The van der Waals surface area contributed by atoms with Crippen molar-refractivity contribution in [1.82, 2.24) is 4.90 Å². The Balaban J connectivity index is 2.71. The summed E-state index contributed by atoms with van der Waals surface area (Å²) in [5, 5.41) is 0. The van der Waals surface area contributed by atoms with E-state index < -0.39 is 5.82 Å². The molecule has 1 amide bonds. The van der Waals surface area contributed by atoms with Gasteiger partial charge in [0, 0.05) is 25.2 Å². The van der Waals surface area contributed by atoms with Gasteiger partial charge in [0.15, 0.2) is 18.2 Å². The number of benzene rings is 1. The molecular formula is C13H19FN2O2. The zero-order valence-corrected chi connectivity index (χ0v) is 10.8. The van der Waals surface area contributed by atoms with E-state index in [1.54, 1.807) is 17.0 Å². The largest absolute Gasteiger partial charge is 0.480 e. The van der Waals surface area contributed by atoms with Crippen LogP contribution in [0.1, 0.15) is 19.4 Å². The van der Waals surface area contributed by atoms with Gasteiger partial charge >= 0.3 is 0 Å². The van der Waals surface area contributed by atoms with E-state index in [9.17, 15) is 9.18 Å². The fourth-order valence-corrected chi connectivity index (χ4v) is 1.68. The maximum Gasteiger partial charge on any atom is 0.260 e. The Morgan fingerprint density at radius 1 is 1.39 bits per heavy atom. The Labute approximate surface area is 107 Å². The van der Waals surface area contributed by atoms with Crippen LogP contribution in [0.2, 0.25) is 0 Å². The number of nitrogens with two attached hydrogens (primary N) is 1. The summed E-state index contributed by atoms with van der Waals surface area (Å²) in [7, 11) is 0. The number of nitrogens with zero attached hydrogens (tertiary/aromatic N) is 1. The Bertz CT molecular complexity index is 406. The highest BCUT2D eigenvalue weighted by atomic mass is 19.1. The summed E-state index contributed by atoms with van der Waals surface area (Å²) >= 11 is 0. The maximum atomic E-state index is 13.5. The monoisotopic (exact) mass is 254 g/mol. The van der Waals surface area contributed by atoms with Gasteiger partial charge in [0.2, 0.25) is 0 Å². The SMILES string of the molecule is CCN(CC)C(=O)COc1c(F)cccc1CN. The van der Waals surface area contributed by atoms with Gasteiger partial charge < -0.3 is 15.4 Å². The van der Waals surface area contributed by atoms with Crippen molar-refractivity contribution in [2.75, 3.05) is 19.7 Å². The molecule has 0 unspecified atom stereocenters. The van der Waals surface area contributed by atoms with Crippen molar-refractivity contribution in [3.05, 3.63) is 29.6 Å². The van der Waals surface area contributed by atoms with Crippen molar-refractivity contribution in [1.29, 1.82) is 0 Å². The Hall–Kier alpha value is -1.62. The van der Waals surface area contributed by atoms with Crippen molar-refractivity contribution in [2.24, 2.45) is 5.73 Å². The first-order valence-electron chi connectivity index (χ1n) is 6.02. The average Bonchev–Trinajstić information content (AvgIpc) is 2.38. The molecule has 0 aliphatic heterocycles. The quantitative estimate of drug-likeness (QED) is 0.837. The summed E-state index contributed by atoms with van der Waals surface area (Å²) in [5.74, 6) is -0.586. The van der Waals surface area contributed by atoms with Crippen LogP contribution in [0, 0.1) is 5.82 Å². The summed E-state index contributed by atoms with van der Waals surface area (Å²) in [4.78, 5) is 13.4. The van der Waals surface area contributed by atoms with Crippen molar-refractivity contribution in [3.8, 4) is 5.75 Å².